The van der Waals surface area contributed by atoms with Crippen molar-refractivity contribution in [3.8, 4) is 0 Å². The molecule has 0 amide bonds. The van der Waals surface area contributed by atoms with E-state index < -0.39 is 8.03 Å². The maximum atomic E-state index is 10.1. The zero-order valence-corrected chi connectivity index (χ0v) is 6.31. The van der Waals surface area contributed by atoms with Gasteiger partial charge in [-0.3, -0.25) is 0 Å². The monoisotopic (exact) mass is 147 g/mol. The Bertz CT molecular complexity index is 101. The molecule has 0 rings (SSSR count). The van der Waals surface area contributed by atoms with Crippen LogP contribution in [0.15, 0.2) is 12.7 Å². The summed E-state index contributed by atoms with van der Waals surface area (Å²) in [5.41, 5.74) is 0. The van der Waals surface area contributed by atoms with Gasteiger partial charge in [0, 0.05) is 0 Å². The molecule has 0 saturated heterocycles. The number of rotatable bonds is 5. The Hall–Kier alpha value is -0.200. The number of unbranched alkanes of at least 4 members (excludes halogenated alkanes) is 2. The van der Waals surface area contributed by atoms with Crippen molar-refractivity contribution in [3.05, 3.63) is 12.7 Å². The van der Waals surface area contributed by atoms with Crippen molar-refractivity contribution in [2.45, 2.75) is 19.3 Å². The fraction of sp³-hybridized carbons (Fsp3) is 0.667. The molecule has 3 heteroatoms. The predicted octanol–water partition coefficient (Wildman–Crippen LogP) is 2.08. The molecular weight excluding hydrogens is 135 g/mol. The van der Waals surface area contributed by atoms with Crippen molar-refractivity contribution >= 4 is 8.03 Å². The van der Waals surface area contributed by atoms with Gasteiger partial charge in [-0.05, 0) is 23.8 Å². The Labute approximate surface area is 56.5 Å². The molecule has 0 aromatic carbocycles. The van der Waals surface area contributed by atoms with Crippen LogP contribution in [0.1, 0.15) is 19.3 Å². The first kappa shape index (κ1) is 8.80. The quantitative estimate of drug-likeness (QED) is 0.367. The molecule has 1 atom stereocenters. The Morgan fingerprint density at radius 2 is 2.22 bits per heavy atom. The maximum Gasteiger partial charge on any atom is 0.505 e. The molecule has 0 fully saturated rings. The molecule has 0 heterocycles. The first-order valence-electron chi connectivity index (χ1n) is 3.02. The largest absolute Gasteiger partial charge is 0.505 e. The van der Waals surface area contributed by atoms with E-state index >= 15 is 0 Å². The third kappa shape index (κ3) is 7.80. The third-order valence-corrected chi connectivity index (χ3v) is 1.71. The van der Waals surface area contributed by atoms with Crippen molar-refractivity contribution in [3.63, 3.8) is 0 Å². The van der Waals surface area contributed by atoms with Gasteiger partial charge in [-0.15, -0.1) is 6.58 Å². The summed E-state index contributed by atoms with van der Waals surface area (Å²) in [6, 6.07) is 0. The zero-order chi connectivity index (χ0) is 7.11. The summed E-state index contributed by atoms with van der Waals surface area (Å²) >= 11 is 0. The standard InChI is InChI=1S/C6H11O2P/c1-2-3-4-5-6-9(7)8/h2H,1,3-6H2/p+1. The summed E-state index contributed by atoms with van der Waals surface area (Å²) in [5, 5.41) is 0. The molecule has 9 heavy (non-hydrogen) atoms. The van der Waals surface area contributed by atoms with Gasteiger partial charge in [0.15, 0.2) is 6.16 Å². The Morgan fingerprint density at radius 1 is 1.56 bits per heavy atom. The van der Waals surface area contributed by atoms with Crippen LogP contribution in [0.5, 0.6) is 0 Å². The van der Waals surface area contributed by atoms with E-state index in [1.54, 1.807) is 0 Å². The van der Waals surface area contributed by atoms with Gasteiger partial charge in [-0.25, -0.2) is 0 Å². The molecule has 0 spiro atoms. The number of hydrogen-bond donors (Lipinski definition) is 1. The molecule has 0 bridgehead atoms. The predicted molar refractivity (Wildman–Crippen MR) is 38.7 cm³/mol. The van der Waals surface area contributed by atoms with Gasteiger partial charge in [-0.1, -0.05) is 6.08 Å². The van der Waals surface area contributed by atoms with Crippen LogP contribution in [0.2, 0.25) is 0 Å². The Kier molecular flexibility index (Phi) is 5.80. The van der Waals surface area contributed by atoms with Crippen LogP contribution in [0.4, 0.5) is 0 Å². The van der Waals surface area contributed by atoms with E-state index in [0.717, 1.165) is 19.3 Å². The van der Waals surface area contributed by atoms with Crippen molar-refractivity contribution in [1.29, 1.82) is 0 Å². The van der Waals surface area contributed by atoms with Crippen LogP contribution < -0.4 is 0 Å². The summed E-state index contributed by atoms with van der Waals surface area (Å²) < 4.78 is 10.1. The van der Waals surface area contributed by atoms with E-state index in [-0.39, 0.29) is 0 Å². The fourth-order valence-electron chi connectivity index (χ4n) is 0.536. The molecule has 0 saturated carbocycles. The molecule has 0 aliphatic heterocycles. The minimum atomic E-state index is -1.90. The van der Waals surface area contributed by atoms with E-state index in [0.29, 0.717) is 6.16 Å². The van der Waals surface area contributed by atoms with Crippen LogP contribution in [0, 0.1) is 0 Å². The van der Waals surface area contributed by atoms with Crippen LogP contribution in [-0.4, -0.2) is 11.1 Å². The van der Waals surface area contributed by atoms with E-state index in [1.807, 2.05) is 6.08 Å². The van der Waals surface area contributed by atoms with E-state index in [2.05, 4.69) is 6.58 Å². The summed E-state index contributed by atoms with van der Waals surface area (Å²) in [6.45, 7) is 3.54. The molecule has 0 aromatic rings. The second-order valence-corrected chi connectivity index (χ2v) is 3.01. The SMILES string of the molecule is C=CCCCC[P+](=O)O. The molecule has 0 aromatic heterocycles. The highest BCUT2D eigenvalue weighted by atomic mass is 31.1. The smallest absolute Gasteiger partial charge is 0.161 e. The molecule has 1 N–H and O–H groups in total. The first-order chi connectivity index (χ1) is 4.27. The maximum absolute atomic E-state index is 10.1. The van der Waals surface area contributed by atoms with Crippen LogP contribution in [0.3, 0.4) is 0 Å². The average molecular weight is 147 g/mol. The number of allylic oxidation sites excluding steroid dienone is 1. The van der Waals surface area contributed by atoms with Crippen molar-refractivity contribution in [1.82, 2.24) is 0 Å². The Morgan fingerprint density at radius 3 is 2.67 bits per heavy atom. The van der Waals surface area contributed by atoms with Gasteiger partial charge in [0.1, 0.15) is 0 Å². The van der Waals surface area contributed by atoms with Gasteiger partial charge in [0.05, 0.1) is 0 Å². The summed E-state index contributed by atoms with van der Waals surface area (Å²) in [7, 11) is -1.90. The minimum absolute atomic E-state index is 0.434. The normalized spacial score (nSPS) is 11.0. The van der Waals surface area contributed by atoms with Crippen LogP contribution >= 0.6 is 8.03 Å². The summed E-state index contributed by atoms with van der Waals surface area (Å²) in [4.78, 5) is 8.34. The molecule has 2 nitrogen and oxygen atoms in total. The fourth-order valence-corrected chi connectivity index (χ4v) is 1.03. The molecule has 0 radical (unpaired) electrons. The molecular formula is C6H12O2P+. The van der Waals surface area contributed by atoms with Gasteiger partial charge >= 0.3 is 8.03 Å². The third-order valence-electron chi connectivity index (χ3n) is 1.01. The molecule has 52 valence electrons. The van der Waals surface area contributed by atoms with Crippen molar-refractivity contribution in [2.24, 2.45) is 0 Å². The van der Waals surface area contributed by atoms with Gasteiger partial charge < -0.3 is 0 Å². The van der Waals surface area contributed by atoms with E-state index in [1.165, 1.54) is 0 Å². The van der Waals surface area contributed by atoms with Crippen molar-refractivity contribution in [2.75, 3.05) is 6.16 Å². The van der Waals surface area contributed by atoms with Gasteiger partial charge in [0.2, 0.25) is 0 Å². The zero-order valence-electron chi connectivity index (χ0n) is 5.42. The topological polar surface area (TPSA) is 37.3 Å². The highest BCUT2D eigenvalue weighted by Gasteiger charge is 2.06. The summed E-state index contributed by atoms with van der Waals surface area (Å²) in [6.07, 6.45) is 5.01. The highest BCUT2D eigenvalue weighted by Crippen LogP contribution is 2.15. The van der Waals surface area contributed by atoms with E-state index in [4.69, 9.17) is 4.89 Å². The second-order valence-electron chi connectivity index (χ2n) is 1.86. The average Bonchev–Trinajstić information content (AvgIpc) is 1.80. The van der Waals surface area contributed by atoms with Crippen LogP contribution in [-0.2, 0) is 4.57 Å². The lowest BCUT2D eigenvalue weighted by Gasteiger charge is -1.84. The van der Waals surface area contributed by atoms with Gasteiger partial charge in [0.25, 0.3) is 0 Å². The lowest BCUT2D eigenvalue weighted by molar-refractivity contribution is 0.500. The van der Waals surface area contributed by atoms with Crippen molar-refractivity contribution < 1.29 is 9.46 Å². The number of hydrogen-bond acceptors (Lipinski definition) is 1. The van der Waals surface area contributed by atoms with Crippen LogP contribution in [0.25, 0.3) is 0 Å². The molecule has 0 aliphatic rings. The summed E-state index contributed by atoms with van der Waals surface area (Å²) in [5.74, 6) is 0. The second kappa shape index (κ2) is 5.93. The lowest BCUT2D eigenvalue weighted by atomic mass is 10.2. The first-order valence-corrected chi connectivity index (χ1v) is 4.41. The minimum Gasteiger partial charge on any atom is -0.161 e. The van der Waals surface area contributed by atoms with E-state index in [9.17, 15) is 4.57 Å². The molecule has 1 unspecified atom stereocenters. The Balaban J connectivity index is 2.91. The molecule has 0 aliphatic carbocycles. The highest BCUT2D eigenvalue weighted by molar-refractivity contribution is 7.37. The lowest BCUT2D eigenvalue weighted by Crippen LogP contribution is -1.77. The van der Waals surface area contributed by atoms with Gasteiger partial charge in [-0.2, -0.15) is 4.89 Å².